The lowest BCUT2D eigenvalue weighted by atomic mass is 10.2. The fourth-order valence-corrected chi connectivity index (χ4v) is 1.56. The van der Waals surface area contributed by atoms with Gasteiger partial charge in [0.1, 0.15) is 18.9 Å². The maximum Gasteiger partial charge on any atom is 0.121 e. The maximum atomic E-state index is 9.92. The van der Waals surface area contributed by atoms with Crippen LogP contribution in [0.25, 0.3) is 0 Å². The van der Waals surface area contributed by atoms with Crippen molar-refractivity contribution in [3.63, 3.8) is 0 Å². The highest BCUT2D eigenvalue weighted by molar-refractivity contribution is 5.50. The molecule has 4 heteroatoms. The van der Waals surface area contributed by atoms with E-state index >= 15 is 0 Å². The van der Waals surface area contributed by atoms with E-state index in [4.69, 9.17) is 4.74 Å². The van der Waals surface area contributed by atoms with Gasteiger partial charge in [-0.3, -0.25) is 0 Å². The monoisotopic (exact) mass is 222 g/mol. The number of nitroso groups, excluding NO2 is 1. The van der Waals surface area contributed by atoms with Crippen LogP contribution in [0, 0.1) is 4.91 Å². The second kappa shape index (κ2) is 6.82. The van der Waals surface area contributed by atoms with Crippen LogP contribution < -0.4 is 9.64 Å². The van der Waals surface area contributed by atoms with E-state index in [0.717, 1.165) is 24.5 Å². The number of hydrogen-bond acceptors (Lipinski definition) is 4. The molecule has 0 aliphatic carbocycles. The Hall–Kier alpha value is -1.58. The molecule has 0 N–H and O–H groups in total. The van der Waals surface area contributed by atoms with Crippen LogP contribution in [0.1, 0.15) is 13.8 Å². The van der Waals surface area contributed by atoms with Crippen molar-refractivity contribution < 1.29 is 4.74 Å². The fraction of sp³-hybridized carbons (Fsp3) is 0.500. The summed E-state index contributed by atoms with van der Waals surface area (Å²) in [6.07, 6.45) is 0. The van der Waals surface area contributed by atoms with Gasteiger partial charge in [0.2, 0.25) is 0 Å². The predicted molar refractivity (Wildman–Crippen MR) is 66.2 cm³/mol. The third-order valence-electron chi connectivity index (χ3n) is 2.40. The molecule has 0 saturated heterocycles. The summed E-state index contributed by atoms with van der Waals surface area (Å²) in [6, 6.07) is 7.88. The molecule has 0 amide bonds. The molecule has 1 rings (SSSR count). The number of hydrogen-bond donors (Lipinski definition) is 0. The normalized spacial score (nSPS) is 9.88. The second-order valence-electron chi connectivity index (χ2n) is 3.37. The van der Waals surface area contributed by atoms with E-state index in [1.807, 2.05) is 18.2 Å². The van der Waals surface area contributed by atoms with Crippen LogP contribution in [0.5, 0.6) is 5.75 Å². The number of rotatable bonds is 7. The summed E-state index contributed by atoms with van der Waals surface area (Å²) < 4.78 is 5.41. The molecule has 0 aliphatic rings. The molecule has 0 saturated carbocycles. The van der Waals surface area contributed by atoms with E-state index < -0.39 is 0 Å². The van der Waals surface area contributed by atoms with Crippen LogP contribution in [0.15, 0.2) is 29.4 Å². The SMILES string of the molecule is CCN(CC)c1cccc(OCCN=O)c1. The van der Waals surface area contributed by atoms with E-state index in [2.05, 4.69) is 30.0 Å². The van der Waals surface area contributed by atoms with Crippen molar-refractivity contribution in [3.8, 4) is 5.75 Å². The molecule has 0 aliphatic heterocycles. The summed E-state index contributed by atoms with van der Waals surface area (Å²) >= 11 is 0. The minimum atomic E-state index is 0.190. The Morgan fingerprint density at radius 1 is 1.31 bits per heavy atom. The fourth-order valence-electron chi connectivity index (χ4n) is 1.56. The molecule has 0 unspecified atom stereocenters. The summed E-state index contributed by atoms with van der Waals surface area (Å²) in [5.74, 6) is 0.785. The van der Waals surface area contributed by atoms with Gasteiger partial charge >= 0.3 is 0 Å². The Balaban J connectivity index is 2.66. The van der Waals surface area contributed by atoms with E-state index in [9.17, 15) is 4.91 Å². The Labute approximate surface area is 96.2 Å². The molecule has 1 aromatic rings. The molecule has 16 heavy (non-hydrogen) atoms. The smallest absolute Gasteiger partial charge is 0.121 e. The van der Waals surface area contributed by atoms with Gasteiger partial charge < -0.3 is 9.64 Å². The van der Waals surface area contributed by atoms with Gasteiger partial charge in [-0.05, 0) is 26.0 Å². The molecule has 0 spiro atoms. The second-order valence-corrected chi connectivity index (χ2v) is 3.37. The maximum absolute atomic E-state index is 9.92. The highest BCUT2D eigenvalue weighted by Crippen LogP contribution is 2.20. The molecule has 0 atom stereocenters. The molecular weight excluding hydrogens is 204 g/mol. The molecule has 0 radical (unpaired) electrons. The van der Waals surface area contributed by atoms with E-state index in [1.54, 1.807) is 0 Å². The Morgan fingerprint density at radius 2 is 2.06 bits per heavy atom. The molecule has 0 heterocycles. The van der Waals surface area contributed by atoms with Crippen LogP contribution in [-0.2, 0) is 0 Å². The number of benzene rings is 1. The van der Waals surface area contributed by atoms with Crippen molar-refractivity contribution >= 4 is 5.69 Å². The third kappa shape index (κ3) is 3.53. The quantitative estimate of drug-likeness (QED) is 0.526. The number of nitrogens with zero attached hydrogens (tertiary/aromatic N) is 2. The van der Waals surface area contributed by atoms with Crippen molar-refractivity contribution in [2.75, 3.05) is 31.1 Å². The zero-order chi connectivity index (χ0) is 11.8. The van der Waals surface area contributed by atoms with Crippen molar-refractivity contribution in [1.82, 2.24) is 0 Å². The summed E-state index contributed by atoms with van der Waals surface area (Å²) in [5.41, 5.74) is 1.14. The van der Waals surface area contributed by atoms with Gasteiger partial charge in [-0.1, -0.05) is 11.2 Å². The van der Waals surface area contributed by atoms with Crippen molar-refractivity contribution in [1.29, 1.82) is 0 Å². The Bertz CT molecular complexity index is 325. The average molecular weight is 222 g/mol. The summed E-state index contributed by atoms with van der Waals surface area (Å²) in [7, 11) is 0. The zero-order valence-corrected chi connectivity index (χ0v) is 9.85. The van der Waals surface area contributed by atoms with Gasteiger partial charge in [0.05, 0.1) is 0 Å². The lowest BCUT2D eigenvalue weighted by Crippen LogP contribution is -2.21. The molecule has 1 aromatic carbocycles. The first kappa shape index (κ1) is 12.5. The first-order valence-corrected chi connectivity index (χ1v) is 5.58. The topological polar surface area (TPSA) is 41.9 Å². The van der Waals surface area contributed by atoms with E-state index in [1.165, 1.54) is 0 Å². The molecule has 4 nitrogen and oxygen atoms in total. The third-order valence-corrected chi connectivity index (χ3v) is 2.40. The van der Waals surface area contributed by atoms with E-state index in [-0.39, 0.29) is 6.54 Å². The number of anilines is 1. The zero-order valence-electron chi connectivity index (χ0n) is 9.85. The van der Waals surface area contributed by atoms with Crippen LogP contribution in [0.2, 0.25) is 0 Å². The van der Waals surface area contributed by atoms with E-state index in [0.29, 0.717) is 6.61 Å². The molecule has 88 valence electrons. The molecule has 0 bridgehead atoms. The lowest BCUT2D eigenvalue weighted by molar-refractivity contribution is 0.328. The summed E-state index contributed by atoms with van der Waals surface area (Å²) in [5, 5.41) is 2.76. The largest absolute Gasteiger partial charge is 0.491 e. The Kier molecular flexibility index (Phi) is 5.32. The lowest BCUT2D eigenvalue weighted by Gasteiger charge is -2.21. The van der Waals surface area contributed by atoms with Crippen LogP contribution in [0.4, 0.5) is 5.69 Å². The van der Waals surface area contributed by atoms with Crippen LogP contribution >= 0.6 is 0 Å². The van der Waals surface area contributed by atoms with Gasteiger partial charge in [0.25, 0.3) is 0 Å². The van der Waals surface area contributed by atoms with Gasteiger partial charge in [0, 0.05) is 24.8 Å². The van der Waals surface area contributed by atoms with Crippen molar-refractivity contribution in [3.05, 3.63) is 29.2 Å². The van der Waals surface area contributed by atoms with Crippen LogP contribution in [-0.4, -0.2) is 26.2 Å². The Morgan fingerprint density at radius 3 is 2.69 bits per heavy atom. The first-order chi connectivity index (χ1) is 7.81. The molecule has 0 aromatic heterocycles. The highest BCUT2D eigenvalue weighted by atomic mass is 16.5. The first-order valence-electron chi connectivity index (χ1n) is 5.58. The predicted octanol–water partition coefficient (Wildman–Crippen LogP) is 2.68. The summed E-state index contributed by atoms with van der Waals surface area (Å²) in [4.78, 5) is 12.2. The summed E-state index contributed by atoms with van der Waals surface area (Å²) in [6.45, 7) is 6.70. The number of ether oxygens (including phenoxy) is 1. The molecular formula is C12H18N2O2. The van der Waals surface area contributed by atoms with Crippen LogP contribution in [0.3, 0.4) is 0 Å². The van der Waals surface area contributed by atoms with Gasteiger partial charge in [0.15, 0.2) is 0 Å². The minimum Gasteiger partial charge on any atom is -0.491 e. The molecule has 0 fully saturated rings. The van der Waals surface area contributed by atoms with Crippen molar-refractivity contribution in [2.45, 2.75) is 13.8 Å². The van der Waals surface area contributed by atoms with Crippen molar-refractivity contribution in [2.24, 2.45) is 5.18 Å². The van der Waals surface area contributed by atoms with Gasteiger partial charge in [-0.25, -0.2) is 0 Å². The standard InChI is InChI=1S/C12H18N2O2/c1-3-14(4-2)11-6-5-7-12(10-11)16-9-8-13-15/h5-7,10H,3-4,8-9H2,1-2H3. The average Bonchev–Trinajstić information content (AvgIpc) is 2.32. The highest BCUT2D eigenvalue weighted by Gasteiger charge is 2.02. The minimum absolute atomic E-state index is 0.190. The van der Waals surface area contributed by atoms with Gasteiger partial charge in [-0.2, -0.15) is 4.91 Å². The van der Waals surface area contributed by atoms with Gasteiger partial charge in [-0.15, -0.1) is 0 Å².